The molecule has 2 aromatic carbocycles. The van der Waals surface area contributed by atoms with Crippen LogP contribution in [0.5, 0.6) is 0 Å². The number of benzene rings is 2. The van der Waals surface area contributed by atoms with Crippen molar-refractivity contribution in [2.24, 2.45) is 13.0 Å². The number of para-hydroxylation sites is 1. The maximum absolute atomic E-state index is 13.3. The van der Waals surface area contributed by atoms with E-state index in [1.165, 1.54) is 0 Å². The fraction of sp³-hybridized carbons (Fsp3) is 0.286. The molecule has 2 aromatic heterocycles. The largest absolute Gasteiger partial charge is 0.300 e. The zero-order valence-electron chi connectivity index (χ0n) is 19.3. The Hall–Kier alpha value is -3.82. The molecule has 1 aliphatic rings. The van der Waals surface area contributed by atoms with Crippen molar-refractivity contribution < 1.29 is 4.79 Å². The quantitative estimate of drug-likeness (QED) is 0.281. The number of hydrogen-bond acceptors (Lipinski definition) is 4. The van der Waals surface area contributed by atoms with Crippen molar-refractivity contribution in [1.29, 1.82) is 0 Å². The molecule has 0 amide bonds. The Morgan fingerprint density at radius 1 is 1.15 bits per heavy atom. The molecule has 0 spiro atoms. The van der Waals surface area contributed by atoms with Crippen LogP contribution in [0.3, 0.4) is 0 Å². The lowest BCUT2D eigenvalue weighted by Gasteiger charge is -2.32. The van der Waals surface area contributed by atoms with Gasteiger partial charge in [-0.2, -0.15) is 5.10 Å². The summed E-state index contributed by atoms with van der Waals surface area (Å²) in [7, 11) is 1.93. The first-order chi connectivity index (χ1) is 16.6. The molecule has 1 saturated heterocycles. The maximum Gasteiger partial charge on any atom is 0.191 e. The van der Waals surface area contributed by atoms with Gasteiger partial charge in [0, 0.05) is 55.5 Å². The predicted octanol–water partition coefficient (Wildman–Crippen LogP) is 5.67. The molecule has 1 aliphatic heterocycles. The van der Waals surface area contributed by atoms with E-state index < -0.39 is 0 Å². The first-order valence-corrected chi connectivity index (χ1v) is 11.7. The molecule has 0 N–H and O–H groups in total. The number of ketones is 1. The van der Waals surface area contributed by atoms with Gasteiger partial charge in [-0.25, -0.2) is 4.85 Å². The third kappa shape index (κ3) is 4.48. The number of piperidine rings is 1. The van der Waals surface area contributed by atoms with Crippen molar-refractivity contribution >= 4 is 22.4 Å². The summed E-state index contributed by atoms with van der Waals surface area (Å²) in [4.78, 5) is 23.4. The van der Waals surface area contributed by atoms with E-state index >= 15 is 0 Å². The van der Waals surface area contributed by atoms with Crippen LogP contribution in [0.2, 0.25) is 0 Å². The lowest BCUT2D eigenvalue weighted by Crippen LogP contribution is -2.35. The summed E-state index contributed by atoms with van der Waals surface area (Å²) in [6, 6.07) is 17.6. The van der Waals surface area contributed by atoms with E-state index in [2.05, 4.69) is 19.8 Å². The van der Waals surface area contributed by atoms with Crippen LogP contribution < -0.4 is 0 Å². The molecule has 0 radical (unpaired) electrons. The zero-order chi connectivity index (χ0) is 23.5. The van der Waals surface area contributed by atoms with Gasteiger partial charge in [0.25, 0.3) is 0 Å². The first-order valence-electron chi connectivity index (χ1n) is 11.7. The van der Waals surface area contributed by atoms with Crippen molar-refractivity contribution in [2.45, 2.75) is 25.8 Å². The number of aryl methyl sites for hydroxylation is 1. The molecule has 4 aromatic rings. The molecule has 0 bridgehead atoms. The van der Waals surface area contributed by atoms with Gasteiger partial charge >= 0.3 is 0 Å². The Labute approximate surface area is 199 Å². The van der Waals surface area contributed by atoms with Crippen LogP contribution >= 0.6 is 0 Å². The van der Waals surface area contributed by atoms with Crippen molar-refractivity contribution in [1.82, 2.24) is 19.7 Å². The minimum absolute atomic E-state index is 0.180. The second-order valence-electron chi connectivity index (χ2n) is 9.05. The van der Waals surface area contributed by atoms with Crippen LogP contribution in [0.25, 0.3) is 27.0 Å². The van der Waals surface area contributed by atoms with Crippen LogP contribution in [-0.2, 0) is 13.6 Å². The molecule has 6 nitrogen and oxygen atoms in total. The summed E-state index contributed by atoms with van der Waals surface area (Å²) in [6.45, 7) is 10.1. The Bertz CT molecular complexity index is 1370. The minimum Gasteiger partial charge on any atom is -0.300 e. The standard InChI is InChI=1S/C28H27N5O/c1-29-25-8-4-3-7-23(25)19-33-15-5-6-20(18-33)16-27(34)22-9-10-26-24(17-22)28(31-32(26)2)21-11-13-30-14-12-21/h3-4,7-14,17,20H,5-6,15-16,18-19H2,2H3. The Kier molecular flexibility index (Phi) is 6.20. The molecule has 1 atom stereocenters. The predicted molar refractivity (Wildman–Crippen MR) is 134 cm³/mol. The third-order valence-electron chi connectivity index (χ3n) is 6.71. The fourth-order valence-electron chi connectivity index (χ4n) is 5.00. The van der Waals surface area contributed by atoms with Gasteiger partial charge in [-0.3, -0.25) is 14.5 Å². The van der Waals surface area contributed by atoms with Crippen molar-refractivity contribution in [3.8, 4) is 11.3 Å². The maximum atomic E-state index is 13.3. The van der Waals surface area contributed by atoms with Gasteiger partial charge in [-0.15, -0.1) is 0 Å². The molecule has 34 heavy (non-hydrogen) atoms. The highest BCUT2D eigenvalue weighted by molar-refractivity contribution is 6.02. The second kappa shape index (κ2) is 9.58. The van der Waals surface area contributed by atoms with Crippen LogP contribution in [0.15, 0.2) is 67.0 Å². The number of pyridine rings is 1. The minimum atomic E-state index is 0.180. The molecule has 1 unspecified atom stereocenters. The Morgan fingerprint density at radius 3 is 2.79 bits per heavy atom. The molecule has 3 heterocycles. The topological polar surface area (TPSA) is 55.4 Å². The summed E-state index contributed by atoms with van der Waals surface area (Å²) in [5.41, 5.74) is 5.40. The molecule has 170 valence electrons. The summed E-state index contributed by atoms with van der Waals surface area (Å²) in [5, 5.41) is 5.68. The lowest BCUT2D eigenvalue weighted by molar-refractivity contribution is 0.0913. The number of likely N-dealkylation sites (tertiary alicyclic amines) is 1. The summed E-state index contributed by atoms with van der Waals surface area (Å²) < 4.78 is 1.86. The number of Topliss-reactive ketones (excluding diaryl/α,β-unsaturated/α-hetero) is 1. The van der Waals surface area contributed by atoms with E-state index in [1.807, 2.05) is 66.3 Å². The number of hydrogen-bond donors (Lipinski definition) is 0. The number of rotatable bonds is 6. The normalized spacial score (nSPS) is 16.4. The number of carbonyl (C=O) groups is 1. The average Bonchev–Trinajstić information content (AvgIpc) is 3.21. The van der Waals surface area contributed by atoms with E-state index in [0.29, 0.717) is 12.3 Å². The van der Waals surface area contributed by atoms with Gasteiger partial charge in [-0.05, 0) is 61.2 Å². The molecular formula is C28H27N5O. The molecule has 0 aliphatic carbocycles. The first kappa shape index (κ1) is 22.0. The van der Waals surface area contributed by atoms with Gasteiger partial charge in [0.2, 0.25) is 0 Å². The van der Waals surface area contributed by atoms with Gasteiger partial charge in [-0.1, -0.05) is 24.3 Å². The van der Waals surface area contributed by atoms with Crippen molar-refractivity contribution in [3.63, 3.8) is 0 Å². The average molecular weight is 450 g/mol. The van der Waals surface area contributed by atoms with Gasteiger partial charge in [0.1, 0.15) is 5.69 Å². The van der Waals surface area contributed by atoms with E-state index in [1.54, 1.807) is 12.4 Å². The van der Waals surface area contributed by atoms with Gasteiger partial charge < -0.3 is 4.90 Å². The van der Waals surface area contributed by atoms with Crippen LogP contribution in [0.4, 0.5) is 5.69 Å². The molecule has 6 heteroatoms. The highest BCUT2D eigenvalue weighted by Crippen LogP contribution is 2.30. The number of aromatic nitrogens is 3. The van der Waals surface area contributed by atoms with Gasteiger partial charge in [0.15, 0.2) is 11.5 Å². The van der Waals surface area contributed by atoms with E-state index in [9.17, 15) is 4.79 Å². The zero-order valence-corrected chi connectivity index (χ0v) is 19.3. The van der Waals surface area contributed by atoms with E-state index in [4.69, 9.17) is 6.57 Å². The summed E-state index contributed by atoms with van der Waals surface area (Å²) >= 11 is 0. The smallest absolute Gasteiger partial charge is 0.191 e. The van der Waals surface area contributed by atoms with Crippen molar-refractivity contribution in [2.75, 3.05) is 13.1 Å². The summed E-state index contributed by atoms with van der Waals surface area (Å²) in [6.07, 6.45) is 6.19. The van der Waals surface area contributed by atoms with Crippen LogP contribution in [0.1, 0.15) is 35.2 Å². The number of fused-ring (bicyclic) bond motifs is 1. The summed E-state index contributed by atoms with van der Waals surface area (Å²) in [5.74, 6) is 0.505. The SMILES string of the molecule is [C-]#[N+]c1ccccc1CN1CCCC(CC(=O)c2ccc3c(c2)c(-c2ccncc2)nn3C)C1. The highest BCUT2D eigenvalue weighted by atomic mass is 16.1. The fourth-order valence-corrected chi connectivity index (χ4v) is 5.00. The van der Waals surface area contributed by atoms with E-state index in [-0.39, 0.29) is 5.78 Å². The van der Waals surface area contributed by atoms with Crippen LogP contribution in [0, 0.1) is 12.5 Å². The molecule has 1 fully saturated rings. The van der Waals surface area contributed by atoms with Gasteiger partial charge in [0.05, 0.1) is 12.1 Å². The van der Waals surface area contributed by atoms with E-state index in [0.717, 1.165) is 71.5 Å². The Morgan fingerprint density at radius 2 is 1.97 bits per heavy atom. The van der Waals surface area contributed by atoms with Crippen molar-refractivity contribution in [3.05, 3.63) is 89.5 Å². The monoisotopic (exact) mass is 449 g/mol. The molecule has 0 saturated carbocycles. The highest BCUT2D eigenvalue weighted by Gasteiger charge is 2.24. The lowest BCUT2D eigenvalue weighted by atomic mass is 9.90. The molecular weight excluding hydrogens is 422 g/mol. The number of carbonyl (C=O) groups excluding carboxylic acids is 1. The Balaban J connectivity index is 1.32. The molecule has 5 rings (SSSR count). The van der Waals surface area contributed by atoms with Crippen LogP contribution in [-0.4, -0.2) is 38.5 Å². The second-order valence-corrected chi connectivity index (χ2v) is 9.05. The third-order valence-corrected chi connectivity index (χ3v) is 6.71. The number of nitrogens with zero attached hydrogens (tertiary/aromatic N) is 5.